The lowest BCUT2D eigenvalue weighted by atomic mass is 10.2. The quantitative estimate of drug-likeness (QED) is 0.782. The monoisotopic (exact) mass is 259 g/mol. The van der Waals surface area contributed by atoms with Gasteiger partial charge in [-0.25, -0.2) is 9.59 Å². The molecule has 104 valence electrons. The van der Waals surface area contributed by atoms with Crippen LogP contribution in [-0.2, 0) is 14.3 Å². The van der Waals surface area contributed by atoms with Crippen LogP contribution in [0.5, 0.6) is 0 Å². The Labute approximate surface area is 107 Å². The highest BCUT2D eigenvalue weighted by Gasteiger charge is 2.33. The molecule has 0 aromatic carbocycles. The minimum absolute atomic E-state index is 0.127. The normalized spacial score (nSPS) is 18.9. The van der Waals surface area contributed by atoms with Crippen LogP contribution in [0.1, 0.15) is 40.5 Å². The largest absolute Gasteiger partial charge is 0.480 e. The number of nitrogens with one attached hydrogen (secondary N) is 1. The molecule has 1 aliphatic carbocycles. The number of carboxylic acids is 1. The van der Waals surface area contributed by atoms with Gasteiger partial charge >= 0.3 is 12.1 Å². The van der Waals surface area contributed by atoms with Crippen molar-refractivity contribution in [2.24, 2.45) is 0 Å². The molecule has 0 aliphatic heterocycles. The maximum Gasteiger partial charge on any atom is 0.408 e. The molecule has 1 saturated carbocycles. The molecule has 0 spiro atoms. The van der Waals surface area contributed by atoms with Gasteiger partial charge in [-0.2, -0.15) is 0 Å². The van der Waals surface area contributed by atoms with Crippen molar-refractivity contribution in [1.82, 2.24) is 5.32 Å². The average molecular weight is 259 g/mol. The molecule has 0 unspecified atom stereocenters. The van der Waals surface area contributed by atoms with Gasteiger partial charge in [0.1, 0.15) is 5.60 Å². The molecule has 1 amide bonds. The molecule has 0 heterocycles. The second-order valence-electron chi connectivity index (χ2n) is 5.50. The van der Waals surface area contributed by atoms with E-state index in [2.05, 4.69) is 5.32 Å². The predicted octanol–water partition coefficient (Wildman–Crippen LogP) is 1.53. The van der Waals surface area contributed by atoms with E-state index in [0.29, 0.717) is 0 Å². The Bertz CT molecular complexity index is 319. The Morgan fingerprint density at radius 1 is 1.33 bits per heavy atom. The molecular weight excluding hydrogens is 238 g/mol. The summed E-state index contributed by atoms with van der Waals surface area (Å²) in [6.07, 6.45) is 0.692. The van der Waals surface area contributed by atoms with Gasteiger partial charge in [-0.15, -0.1) is 0 Å². The lowest BCUT2D eigenvalue weighted by Gasteiger charge is -2.25. The molecule has 0 radical (unpaired) electrons. The third kappa shape index (κ3) is 5.35. The van der Waals surface area contributed by atoms with E-state index >= 15 is 0 Å². The second kappa shape index (κ2) is 5.56. The van der Waals surface area contributed by atoms with Crippen LogP contribution in [-0.4, -0.2) is 41.0 Å². The zero-order chi connectivity index (χ0) is 13.9. The van der Waals surface area contributed by atoms with Gasteiger partial charge in [-0.3, -0.25) is 0 Å². The Hall–Kier alpha value is -1.30. The SMILES string of the molecule is C[C@@H](OC1CC1)[C@H](NC(=O)OC(C)(C)C)C(=O)O. The van der Waals surface area contributed by atoms with Gasteiger partial charge in [0.05, 0.1) is 12.2 Å². The molecule has 1 aliphatic rings. The summed E-state index contributed by atoms with van der Waals surface area (Å²) in [5.41, 5.74) is -0.659. The van der Waals surface area contributed by atoms with Gasteiger partial charge in [0, 0.05) is 0 Å². The van der Waals surface area contributed by atoms with Crippen molar-refractivity contribution in [3.63, 3.8) is 0 Å². The van der Waals surface area contributed by atoms with Crippen LogP contribution in [0.25, 0.3) is 0 Å². The van der Waals surface area contributed by atoms with Gasteiger partial charge in [0.25, 0.3) is 0 Å². The third-order valence-electron chi connectivity index (χ3n) is 2.34. The van der Waals surface area contributed by atoms with E-state index in [4.69, 9.17) is 14.6 Å². The van der Waals surface area contributed by atoms with Crippen LogP contribution < -0.4 is 5.32 Å². The maximum atomic E-state index is 11.5. The first-order valence-electron chi connectivity index (χ1n) is 6.07. The average Bonchev–Trinajstić information content (AvgIpc) is 2.94. The number of rotatable bonds is 5. The molecule has 6 heteroatoms. The number of hydrogen-bond donors (Lipinski definition) is 2. The highest BCUT2D eigenvalue weighted by Crippen LogP contribution is 2.25. The molecule has 1 rings (SSSR count). The minimum Gasteiger partial charge on any atom is -0.480 e. The maximum absolute atomic E-state index is 11.5. The van der Waals surface area contributed by atoms with Crippen molar-refractivity contribution < 1.29 is 24.2 Å². The Morgan fingerprint density at radius 3 is 2.28 bits per heavy atom. The number of hydrogen-bond acceptors (Lipinski definition) is 4. The molecule has 2 atom stereocenters. The lowest BCUT2D eigenvalue weighted by molar-refractivity contribution is -0.143. The van der Waals surface area contributed by atoms with Gasteiger partial charge in [-0.1, -0.05) is 0 Å². The highest BCUT2D eigenvalue weighted by atomic mass is 16.6. The van der Waals surface area contributed by atoms with E-state index in [9.17, 15) is 9.59 Å². The van der Waals surface area contributed by atoms with E-state index in [1.54, 1.807) is 27.7 Å². The lowest BCUT2D eigenvalue weighted by Crippen LogP contribution is -2.50. The molecular formula is C12H21NO5. The first-order chi connectivity index (χ1) is 8.19. The summed E-state index contributed by atoms with van der Waals surface area (Å²) in [4.78, 5) is 22.6. The fourth-order valence-corrected chi connectivity index (χ4v) is 1.40. The van der Waals surface area contributed by atoms with Gasteiger partial charge in [0.15, 0.2) is 6.04 Å². The number of carbonyl (C=O) groups is 2. The van der Waals surface area contributed by atoms with Crippen LogP contribution in [0, 0.1) is 0 Å². The van der Waals surface area contributed by atoms with Crippen molar-refractivity contribution in [2.75, 3.05) is 0 Å². The fourth-order valence-electron chi connectivity index (χ4n) is 1.40. The third-order valence-corrected chi connectivity index (χ3v) is 2.34. The molecule has 0 aromatic rings. The Morgan fingerprint density at radius 2 is 1.89 bits per heavy atom. The predicted molar refractivity (Wildman–Crippen MR) is 64.4 cm³/mol. The molecule has 2 N–H and O–H groups in total. The number of amides is 1. The number of carboxylic acid groups (broad SMARTS) is 1. The number of ether oxygens (including phenoxy) is 2. The molecule has 0 aromatic heterocycles. The highest BCUT2D eigenvalue weighted by molar-refractivity contribution is 5.80. The van der Waals surface area contributed by atoms with Gasteiger partial charge in [0.2, 0.25) is 0 Å². The molecule has 0 saturated heterocycles. The number of alkyl carbamates (subject to hydrolysis) is 1. The number of carbonyl (C=O) groups excluding carboxylic acids is 1. The van der Waals surface area contributed by atoms with E-state index in [1.807, 2.05) is 0 Å². The zero-order valence-corrected chi connectivity index (χ0v) is 11.2. The summed E-state index contributed by atoms with van der Waals surface area (Å²) in [7, 11) is 0. The summed E-state index contributed by atoms with van der Waals surface area (Å²) in [6, 6.07) is -1.10. The number of aliphatic carboxylic acids is 1. The first-order valence-corrected chi connectivity index (χ1v) is 6.07. The van der Waals surface area contributed by atoms with Crippen LogP contribution in [0.15, 0.2) is 0 Å². The van der Waals surface area contributed by atoms with E-state index in [1.165, 1.54) is 0 Å². The van der Waals surface area contributed by atoms with E-state index in [0.717, 1.165) is 12.8 Å². The van der Waals surface area contributed by atoms with E-state index < -0.39 is 29.8 Å². The van der Waals surface area contributed by atoms with Crippen LogP contribution in [0.3, 0.4) is 0 Å². The Balaban J connectivity index is 2.50. The molecule has 1 fully saturated rings. The van der Waals surface area contributed by atoms with E-state index in [-0.39, 0.29) is 6.10 Å². The molecule has 0 bridgehead atoms. The van der Waals surface area contributed by atoms with Crippen molar-refractivity contribution in [3.8, 4) is 0 Å². The minimum atomic E-state index is -1.13. The zero-order valence-electron chi connectivity index (χ0n) is 11.2. The van der Waals surface area contributed by atoms with Crippen molar-refractivity contribution in [2.45, 2.75) is 64.4 Å². The smallest absolute Gasteiger partial charge is 0.408 e. The topological polar surface area (TPSA) is 84.9 Å². The Kier molecular flexibility index (Phi) is 4.56. The van der Waals surface area contributed by atoms with Crippen LogP contribution in [0.2, 0.25) is 0 Å². The van der Waals surface area contributed by atoms with Crippen molar-refractivity contribution in [3.05, 3.63) is 0 Å². The summed E-state index contributed by atoms with van der Waals surface area (Å²) < 4.78 is 10.5. The summed E-state index contributed by atoms with van der Waals surface area (Å²) in [5.74, 6) is -1.13. The van der Waals surface area contributed by atoms with Gasteiger partial charge in [-0.05, 0) is 40.5 Å². The summed E-state index contributed by atoms with van der Waals surface area (Å²) in [5, 5.41) is 11.4. The standard InChI is InChI=1S/C12H21NO5/c1-7(17-8-5-6-8)9(10(14)15)13-11(16)18-12(2,3)4/h7-9H,5-6H2,1-4H3,(H,13,16)(H,14,15)/t7-,9+/m1/s1. The summed E-state index contributed by atoms with van der Waals surface area (Å²) >= 11 is 0. The van der Waals surface area contributed by atoms with Crippen molar-refractivity contribution in [1.29, 1.82) is 0 Å². The molecule has 18 heavy (non-hydrogen) atoms. The van der Waals surface area contributed by atoms with Gasteiger partial charge < -0.3 is 19.9 Å². The fraction of sp³-hybridized carbons (Fsp3) is 0.833. The summed E-state index contributed by atoms with van der Waals surface area (Å²) in [6.45, 7) is 6.78. The first kappa shape index (κ1) is 14.8. The van der Waals surface area contributed by atoms with Crippen molar-refractivity contribution >= 4 is 12.1 Å². The second-order valence-corrected chi connectivity index (χ2v) is 5.50. The molecule has 6 nitrogen and oxygen atoms in total. The van der Waals surface area contributed by atoms with Crippen LogP contribution in [0.4, 0.5) is 4.79 Å². The van der Waals surface area contributed by atoms with Crippen LogP contribution >= 0.6 is 0 Å².